The number of rotatable bonds is 6. The first-order chi connectivity index (χ1) is 8.10. The van der Waals surface area contributed by atoms with Crippen LogP contribution in [0.15, 0.2) is 18.2 Å². The van der Waals surface area contributed by atoms with Crippen molar-refractivity contribution in [1.29, 1.82) is 0 Å². The summed E-state index contributed by atoms with van der Waals surface area (Å²) in [6.07, 6.45) is 1.24. The maximum absolute atomic E-state index is 10.7. The third-order valence-electron chi connectivity index (χ3n) is 2.75. The molecule has 0 amide bonds. The highest BCUT2D eigenvalue weighted by atomic mass is 16.5. The fourth-order valence-electron chi connectivity index (χ4n) is 1.65. The number of hydrogen-bond donors (Lipinski definition) is 1. The Hall–Kier alpha value is -1.71. The lowest BCUT2D eigenvalue weighted by Gasteiger charge is -2.13. The van der Waals surface area contributed by atoms with Gasteiger partial charge in [0, 0.05) is 0 Å². The monoisotopic (exact) mass is 238 g/mol. The van der Waals surface area contributed by atoms with Gasteiger partial charge in [0.15, 0.2) is 11.5 Å². The van der Waals surface area contributed by atoms with Crippen LogP contribution in [-0.4, -0.2) is 25.3 Å². The Balaban J connectivity index is 2.80. The fourth-order valence-corrected chi connectivity index (χ4v) is 1.65. The zero-order chi connectivity index (χ0) is 12.8. The number of benzene rings is 1. The van der Waals surface area contributed by atoms with Gasteiger partial charge in [-0.05, 0) is 24.5 Å². The average Bonchev–Trinajstić information content (AvgIpc) is 2.34. The Morgan fingerprint density at radius 3 is 2.59 bits per heavy atom. The molecule has 0 heterocycles. The van der Waals surface area contributed by atoms with Gasteiger partial charge in [-0.1, -0.05) is 19.1 Å². The van der Waals surface area contributed by atoms with Crippen LogP contribution in [0, 0.1) is 5.92 Å². The van der Waals surface area contributed by atoms with E-state index in [9.17, 15) is 4.79 Å². The molecule has 1 N–H and O–H groups in total. The molecule has 0 unspecified atom stereocenters. The molecule has 0 aromatic heterocycles. The highest BCUT2D eigenvalue weighted by Gasteiger charge is 2.14. The van der Waals surface area contributed by atoms with Crippen molar-refractivity contribution in [3.8, 4) is 11.5 Å². The van der Waals surface area contributed by atoms with Crippen molar-refractivity contribution >= 4 is 5.97 Å². The molecule has 4 nitrogen and oxygen atoms in total. The molecule has 94 valence electrons. The number of aliphatic carboxylic acids is 1. The number of para-hydroxylation sites is 1. The highest BCUT2D eigenvalue weighted by molar-refractivity contribution is 5.69. The van der Waals surface area contributed by atoms with Gasteiger partial charge in [-0.3, -0.25) is 4.79 Å². The molecule has 1 atom stereocenters. The zero-order valence-electron chi connectivity index (χ0n) is 10.4. The number of methoxy groups -OCH3 is 2. The third kappa shape index (κ3) is 3.37. The Morgan fingerprint density at radius 2 is 2.06 bits per heavy atom. The lowest BCUT2D eigenvalue weighted by molar-refractivity contribution is -0.141. The summed E-state index contributed by atoms with van der Waals surface area (Å²) >= 11 is 0. The predicted molar refractivity (Wildman–Crippen MR) is 64.7 cm³/mol. The summed E-state index contributed by atoms with van der Waals surface area (Å²) in [7, 11) is 3.17. The largest absolute Gasteiger partial charge is 0.493 e. The lowest BCUT2D eigenvalue weighted by Crippen LogP contribution is -2.10. The summed E-state index contributed by atoms with van der Waals surface area (Å²) in [4.78, 5) is 10.7. The summed E-state index contributed by atoms with van der Waals surface area (Å²) < 4.78 is 10.5. The fraction of sp³-hybridized carbons (Fsp3) is 0.462. The first-order valence-electron chi connectivity index (χ1n) is 5.52. The van der Waals surface area contributed by atoms with Gasteiger partial charge in [0.2, 0.25) is 0 Å². The molecule has 1 aromatic rings. The van der Waals surface area contributed by atoms with Crippen LogP contribution in [0.2, 0.25) is 0 Å². The minimum absolute atomic E-state index is 0.356. The van der Waals surface area contributed by atoms with Crippen molar-refractivity contribution in [1.82, 2.24) is 0 Å². The first-order valence-corrected chi connectivity index (χ1v) is 5.52. The normalized spacial score (nSPS) is 11.9. The summed E-state index contributed by atoms with van der Waals surface area (Å²) in [6.45, 7) is 1.70. The van der Waals surface area contributed by atoms with Crippen LogP contribution >= 0.6 is 0 Å². The summed E-state index contributed by atoms with van der Waals surface area (Å²) in [5.41, 5.74) is 0.972. The van der Waals surface area contributed by atoms with E-state index in [2.05, 4.69) is 0 Å². The van der Waals surface area contributed by atoms with E-state index in [1.54, 1.807) is 21.1 Å². The van der Waals surface area contributed by atoms with Gasteiger partial charge in [0.05, 0.1) is 20.1 Å². The van der Waals surface area contributed by atoms with Crippen molar-refractivity contribution in [2.45, 2.75) is 19.8 Å². The van der Waals surface area contributed by atoms with Crippen LogP contribution in [0.4, 0.5) is 0 Å². The van der Waals surface area contributed by atoms with E-state index in [1.807, 2.05) is 18.2 Å². The number of carboxylic acid groups (broad SMARTS) is 1. The molecule has 0 bridgehead atoms. The molecule has 0 aliphatic heterocycles. The number of carboxylic acids is 1. The molecule has 0 saturated heterocycles. The molecular weight excluding hydrogens is 220 g/mol. The smallest absolute Gasteiger partial charge is 0.306 e. The van der Waals surface area contributed by atoms with Gasteiger partial charge in [-0.25, -0.2) is 0 Å². The number of aryl methyl sites for hydroxylation is 1. The molecule has 17 heavy (non-hydrogen) atoms. The van der Waals surface area contributed by atoms with Gasteiger partial charge in [0.25, 0.3) is 0 Å². The Kier molecular flexibility index (Phi) is 4.82. The zero-order valence-corrected chi connectivity index (χ0v) is 10.4. The molecular formula is C13H18O4. The standard InChI is InChI=1S/C13H18O4/c1-9(13(14)15)7-8-10-5-4-6-11(16-2)12(10)17-3/h4-6,9H,7-8H2,1-3H3,(H,14,15)/t9-/m1/s1. The molecule has 0 aliphatic carbocycles. The number of ether oxygens (including phenoxy) is 2. The minimum atomic E-state index is -0.771. The molecule has 0 aliphatic rings. The topological polar surface area (TPSA) is 55.8 Å². The van der Waals surface area contributed by atoms with E-state index in [0.29, 0.717) is 24.3 Å². The van der Waals surface area contributed by atoms with Crippen molar-refractivity contribution < 1.29 is 19.4 Å². The molecule has 0 spiro atoms. The molecule has 4 heteroatoms. The van der Waals surface area contributed by atoms with Crippen LogP contribution in [0.5, 0.6) is 11.5 Å². The van der Waals surface area contributed by atoms with Crippen LogP contribution in [0.3, 0.4) is 0 Å². The SMILES string of the molecule is COc1cccc(CC[C@@H](C)C(=O)O)c1OC. The van der Waals surface area contributed by atoms with Crippen LogP contribution in [0.1, 0.15) is 18.9 Å². The van der Waals surface area contributed by atoms with E-state index in [0.717, 1.165) is 5.56 Å². The summed E-state index contributed by atoms with van der Waals surface area (Å²) in [5.74, 6) is 0.235. The van der Waals surface area contributed by atoms with Gasteiger partial charge < -0.3 is 14.6 Å². The van der Waals surface area contributed by atoms with E-state index in [-0.39, 0.29) is 5.92 Å². The van der Waals surface area contributed by atoms with E-state index in [1.165, 1.54) is 0 Å². The molecule has 0 saturated carbocycles. The number of hydrogen-bond acceptors (Lipinski definition) is 3. The molecule has 0 radical (unpaired) electrons. The van der Waals surface area contributed by atoms with Crippen molar-refractivity contribution in [3.63, 3.8) is 0 Å². The maximum Gasteiger partial charge on any atom is 0.306 e. The maximum atomic E-state index is 10.7. The minimum Gasteiger partial charge on any atom is -0.493 e. The van der Waals surface area contributed by atoms with E-state index in [4.69, 9.17) is 14.6 Å². The molecule has 1 aromatic carbocycles. The van der Waals surface area contributed by atoms with Crippen LogP contribution in [-0.2, 0) is 11.2 Å². The Labute approximate surface area is 101 Å². The Morgan fingerprint density at radius 1 is 1.35 bits per heavy atom. The third-order valence-corrected chi connectivity index (χ3v) is 2.75. The van der Waals surface area contributed by atoms with Crippen molar-refractivity contribution in [3.05, 3.63) is 23.8 Å². The first kappa shape index (κ1) is 13.4. The molecule has 1 rings (SSSR count). The van der Waals surface area contributed by atoms with Gasteiger partial charge in [-0.15, -0.1) is 0 Å². The second-order valence-electron chi connectivity index (χ2n) is 3.93. The second-order valence-corrected chi connectivity index (χ2v) is 3.93. The van der Waals surface area contributed by atoms with Gasteiger partial charge in [-0.2, -0.15) is 0 Å². The Bertz CT molecular complexity index is 387. The van der Waals surface area contributed by atoms with Crippen LogP contribution < -0.4 is 9.47 Å². The van der Waals surface area contributed by atoms with Crippen molar-refractivity contribution in [2.24, 2.45) is 5.92 Å². The lowest BCUT2D eigenvalue weighted by atomic mass is 10.0. The van der Waals surface area contributed by atoms with E-state index >= 15 is 0 Å². The summed E-state index contributed by atoms with van der Waals surface area (Å²) in [6, 6.07) is 5.63. The predicted octanol–water partition coefficient (Wildman–Crippen LogP) is 2.36. The van der Waals surface area contributed by atoms with Gasteiger partial charge >= 0.3 is 5.97 Å². The van der Waals surface area contributed by atoms with E-state index < -0.39 is 5.97 Å². The average molecular weight is 238 g/mol. The quantitative estimate of drug-likeness (QED) is 0.826. The summed E-state index contributed by atoms with van der Waals surface area (Å²) in [5, 5.41) is 8.83. The second kappa shape index (κ2) is 6.13. The van der Waals surface area contributed by atoms with Crippen molar-refractivity contribution in [2.75, 3.05) is 14.2 Å². The van der Waals surface area contributed by atoms with Gasteiger partial charge in [0.1, 0.15) is 0 Å². The van der Waals surface area contributed by atoms with Crippen LogP contribution in [0.25, 0.3) is 0 Å². The number of carbonyl (C=O) groups is 1. The highest BCUT2D eigenvalue weighted by Crippen LogP contribution is 2.31. The molecule has 0 fully saturated rings.